The van der Waals surface area contributed by atoms with Gasteiger partial charge in [-0.05, 0) is 45.3 Å². The van der Waals surface area contributed by atoms with Crippen molar-refractivity contribution in [2.24, 2.45) is 5.73 Å². The summed E-state index contributed by atoms with van der Waals surface area (Å²) in [7, 11) is 4.06. The maximum atomic E-state index is 5.87. The molecule has 0 fully saturated rings. The summed E-state index contributed by atoms with van der Waals surface area (Å²) in [5.74, 6) is 0.802. The summed E-state index contributed by atoms with van der Waals surface area (Å²) in [5.41, 5.74) is 5.56. The fourth-order valence-corrected chi connectivity index (χ4v) is 1.61. The third-order valence-corrected chi connectivity index (χ3v) is 2.70. The quantitative estimate of drug-likeness (QED) is 0.829. The van der Waals surface area contributed by atoms with Crippen LogP contribution in [0.25, 0.3) is 0 Å². The van der Waals surface area contributed by atoms with E-state index < -0.39 is 0 Å². The van der Waals surface area contributed by atoms with Gasteiger partial charge in [0.2, 0.25) is 0 Å². The second-order valence-corrected chi connectivity index (χ2v) is 4.40. The maximum absolute atomic E-state index is 5.87. The van der Waals surface area contributed by atoms with Gasteiger partial charge in [-0.25, -0.2) is 0 Å². The Labute approximate surface area is 102 Å². The Hall–Kier alpha value is -0.770. The average Bonchev–Trinajstić information content (AvgIpc) is 2.24. The molecule has 0 spiro atoms. The molecule has 0 aliphatic rings. The third kappa shape index (κ3) is 4.39. The molecule has 1 aromatic carbocycles. The van der Waals surface area contributed by atoms with Crippen LogP contribution in [0.3, 0.4) is 0 Å². The predicted molar refractivity (Wildman–Crippen MR) is 68.1 cm³/mol. The number of likely N-dealkylation sites (N-methyl/N-ethyl adjacent to an activating group) is 1. The normalized spacial score (nSPS) is 12.8. The van der Waals surface area contributed by atoms with Crippen LogP contribution in [0.5, 0.6) is 5.75 Å². The zero-order valence-electron chi connectivity index (χ0n) is 9.82. The molecule has 0 saturated heterocycles. The van der Waals surface area contributed by atoms with Crippen molar-refractivity contribution in [3.63, 3.8) is 0 Å². The molecule has 0 bridgehead atoms. The molecular weight excluding hydrogens is 224 g/mol. The minimum Gasteiger partial charge on any atom is -0.492 e. The fraction of sp³-hybridized carbons (Fsp3) is 0.500. The van der Waals surface area contributed by atoms with E-state index in [2.05, 4.69) is 4.90 Å². The summed E-state index contributed by atoms with van der Waals surface area (Å²) >= 11 is 5.87. The van der Waals surface area contributed by atoms with E-state index in [9.17, 15) is 0 Å². The lowest BCUT2D eigenvalue weighted by Gasteiger charge is -2.23. The zero-order valence-corrected chi connectivity index (χ0v) is 10.6. The molecule has 0 amide bonds. The smallest absolute Gasteiger partial charge is 0.120 e. The van der Waals surface area contributed by atoms with Crippen molar-refractivity contribution in [2.75, 3.05) is 27.2 Å². The fourth-order valence-electron chi connectivity index (χ4n) is 1.43. The Bertz CT molecular complexity index is 318. The topological polar surface area (TPSA) is 38.5 Å². The molecule has 0 heterocycles. The van der Waals surface area contributed by atoms with Crippen LogP contribution >= 0.6 is 11.6 Å². The van der Waals surface area contributed by atoms with Crippen molar-refractivity contribution in [1.82, 2.24) is 4.90 Å². The highest BCUT2D eigenvalue weighted by atomic mass is 35.5. The van der Waals surface area contributed by atoms with Gasteiger partial charge in [0, 0.05) is 11.1 Å². The second kappa shape index (κ2) is 6.74. The number of hydrogen-bond donors (Lipinski definition) is 1. The van der Waals surface area contributed by atoms with Gasteiger partial charge in [-0.15, -0.1) is 0 Å². The van der Waals surface area contributed by atoms with Crippen molar-refractivity contribution in [3.05, 3.63) is 29.3 Å². The number of nitrogens with zero attached hydrogens (tertiary/aromatic N) is 1. The molecule has 1 unspecified atom stereocenters. The van der Waals surface area contributed by atoms with Crippen LogP contribution in [-0.4, -0.2) is 38.2 Å². The second-order valence-electron chi connectivity index (χ2n) is 3.96. The highest BCUT2D eigenvalue weighted by Gasteiger charge is 2.11. The first-order valence-corrected chi connectivity index (χ1v) is 5.76. The van der Waals surface area contributed by atoms with E-state index in [0.29, 0.717) is 24.2 Å². The first-order chi connectivity index (χ1) is 7.63. The van der Waals surface area contributed by atoms with E-state index in [1.165, 1.54) is 0 Å². The highest BCUT2D eigenvalue weighted by molar-refractivity contribution is 6.30. The summed E-state index contributed by atoms with van der Waals surface area (Å²) in [5, 5.41) is 0.692. The Morgan fingerprint density at radius 2 is 2.19 bits per heavy atom. The summed E-state index contributed by atoms with van der Waals surface area (Å²) in [4.78, 5) is 2.12. The van der Waals surface area contributed by atoms with Crippen LogP contribution < -0.4 is 10.5 Å². The maximum Gasteiger partial charge on any atom is 0.120 e. The molecule has 0 aromatic heterocycles. The standard InChI is InChI=1S/C12H19ClN2O/c1-15(2)11(6-7-14)9-16-12-5-3-4-10(13)8-12/h3-5,8,11H,6-7,9,14H2,1-2H3. The molecule has 1 atom stereocenters. The van der Waals surface area contributed by atoms with E-state index in [1.807, 2.05) is 38.4 Å². The van der Waals surface area contributed by atoms with Crippen LogP contribution in [-0.2, 0) is 0 Å². The van der Waals surface area contributed by atoms with Crippen molar-refractivity contribution >= 4 is 11.6 Å². The number of rotatable bonds is 6. The average molecular weight is 243 g/mol. The molecule has 16 heavy (non-hydrogen) atoms. The van der Waals surface area contributed by atoms with Crippen molar-refractivity contribution in [2.45, 2.75) is 12.5 Å². The molecule has 1 aromatic rings. The van der Waals surface area contributed by atoms with Crippen molar-refractivity contribution in [1.29, 1.82) is 0 Å². The van der Waals surface area contributed by atoms with E-state index in [4.69, 9.17) is 22.1 Å². The summed E-state index contributed by atoms with van der Waals surface area (Å²) < 4.78 is 5.68. The molecular formula is C12H19ClN2O. The molecule has 0 saturated carbocycles. The van der Waals surface area contributed by atoms with Crippen LogP contribution in [0.1, 0.15) is 6.42 Å². The SMILES string of the molecule is CN(C)C(CCN)COc1cccc(Cl)c1. The molecule has 0 aliphatic heterocycles. The van der Waals surface area contributed by atoms with E-state index in [0.717, 1.165) is 12.2 Å². The monoisotopic (exact) mass is 242 g/mol. The predicted octanol–water partition coefficient (Wildman–Crippen LogP) is 2.00. The van der Waals surface area contributed by atoms with Gasteiger partial charge in [-0.1, -0.05) is 17.7 Å². The van der Waals surface area contributed by atoms with Crippen LogP contribution in [0.2, 0.25) is 5.02 Å². The minimum absolute atomic E-state index is 0.337. The van der Waals surface area contributed by atoms with Crippen LogP contribution in [0, 0.1) is 0 Å². The number of benzene rings is 1. The van der Waals surface area contributed by atoms with Gasteiger partial charge < -0.3 is 15.4 Å². The number of ether oxygens (including phenoxy) is 1. The van der Waals surface area contributed by atoms with Gasteiger partial charge in [0.1, 0.15) is 12.4 Å². The first kappa shape index (κ1) is 13.3. The Balaban J connectivity index is 2.48. The molecule has 1 rings (SSSR count). The molecule has 0 radical (unpaired) electrons. The molecule has 0 aliphatic carbocycles. The van der Waals surface area contributed by atoms with E-state index >= 15 is 0 Å². The van der Waals surface area contributed by atoms with Gasteiger partial charge in [0.05, 0.1) is 0 Å². The summed E-state index contributed by atoms with van der Waals surface area (Å²) in [6, 6.07) is 7.77. The Morgan fingerprint density at radius 3 is 2.75 bits per heavy atom. The lowest BCUT2D eigenvalue weighted by molar-refractivity contribution is 0.179. The van der Waals surface area contributed by atoms with Crippen molar-refractivity contribution < 1.29 is 4.74 Å². The van der Waals surface area contributed by atoms with Gasteiger partial charge in [-0.2, -0.15) is 0 Å². The lowest BCUT2D eigenvalue weighted by Crippen LogP contribution is -2.35. The number of nitrogens with two attached hydrogens (primary N) is 1. The van der Waals surface area contributed by atoms with E-state index in [1.54, 1.807) is 0 Å². The van der Waals surface area contributed by atoms with Gasteiger partial charge in [-0.3, -0.25) is 0 Å². The molecule has 3 nitrogen and oxygen atoms in total. The molecule has 4 heteroatoms. The van der Waals surface area contributed by atoms with Gasteiger partial charge in [0.15, 0.2) is 0 Å². The minimum atomic E-state index is 0.337. The van der Waals surface area contributed by atoms with Gasteiger partial charge in [0.25, 0.3) is 0 Å². The highest BCUT2D eigenvalue weighted by Crippen LogP contribution is 2.17. The number of halogens is 1. The van der Waals surface area contributed by atoms with Crippen LogP contribution in [0.4, 0.5) is 0 Å². The lowest BCUT2D eigenvalue weighted by atomic mass is 10.2. The largest absolute Gasteiger partial charge is 0.492 e. The van der Waals surface area contributed by atoms with Crippen molar-refractivity contribution in [3.8, 4) is 5.75 Å². The molecule has 90 valence electrons. The van der Waals surface area contributed by atoms with E-state index in [-0.39, 0.29) is 0 Å². The Morgan fingerprint density at radius 1 is 1.44 bits per heavy atom. The summed E-state index contributed by atoms with van der Waals surface area (Å²) in [6.45, 7) is 1.30. The Kier molecular flexibility index (Phi) is 5.60. The zero-order chi connectivity index (χ0) is 12.0. The summed E-state index contributed by atoms with van der Waals surface area (Å²) in [6.07, 6.45) is 0.924. The van der Waals surface area contributed by atoms with Crippen LogP contribution in [0.15, 0.2) is 24.3 Å². The third-order valence-electron chi connectivity index (χ3n) is 2.47. The molecule has 2 N–H and O–H groups in total. The van der Waals surface area contributed by atoms with Gasteiger partial charge >= 0.3 is 0 Å². The first-order valence-electron chi connectivity index (χ1n) is 5.38. The number of hydrogen-bond acceptors (Lipinski definition) is 3.